The van der Waals surface area contributed by atoms with Crippen molar-refractivity contribution in [3.8, 4) is 0 Å². The Morgan fingerprint density at radius 2 is 2.10 bits per heavy atom. The van der Waals surface area contributed by atoms with E-state index in [0.29, 0.717) is 12.8 Å². The maximum Gasteiger partial charge on any atom is 0.246 e. The van der Waals surface area contributed by atoms with Crippen LogP contribution in [0.1, 0.15) is 12.8 Å². The van der Waals surface area contributed by atoms with Crippen LogP contribution in [0.3, 0.4) is 0 Å². The lowest BCUT2D eigenvalue weighted by molar-refractivity contribution is 0.395. The van der Waals surface area contributed by atoms with Gasteiger partial charge in [0.2, 0.25) is 16.1 Å². The second kappa shape index (κ2) is 5.79. The van der Waals surface area contributed by atoms with Gasteiger partial charge in [-0.3, -0.25) is 0 Å². The van der Waals surface area contributed by atoms with Crippen LogP contribution in [0.2, 0.25) is 10.0 Å². The van der Waals surface area contributed by atoms with Crippen LogP contribution in [0.4, 0.5) is 4.39 Å². The number of isocyanates is 1. The summed E-state index contributed by atoms with van der Waals surface area (Å²) in [4.78, 5) is 13.4. The van der Waals surface area contributed by atoms with Crippen LogP contribution in [0.25, 0.3) is 0 Å². The van der Waals surface area contributed by atoms with E-state index < -0.39 is 31.9 Å². The molecule has 1 saturated heterocycles. The van der Waals surface area contributed by atoms with E-state index in [0.717, 1.165) is 16.4 Å². The lowest BCUT2D eigenvalue weighted by atomic mass is 10.3. The molecule has 0 N–H and O–H groups in total. The van der Waals surface area contributed by atoms with Crippen molar-refractivity contribution in [2.75, 3.05) is 6.54 Å². The van der Waals surface area contributed by atoms with E-state index in [1.54, 1.807) is 0 Å². The molecule has 2 rings (SSSR count). The van der Waals surface area contributed by atoms with Crippen molar-refractivity contribution in [3.63, 3.8) is 0 Å². The molecule has 1 fully saturated rings. The van der Waals surface area contributed by atoms with Gasteiger partial charge in [0.25, 0.3) is 0 Å². The summed E-state index contributed by atoms with van der Waals surface area (Å²) >= 11 is 11.2. The molecular weight excluding hydrogens is 330 g/mol. The van der Waals surface area contributed by atoms with Gasteiger partial charge in [-0.05, 0) is 25.0 Å². The largest absolute Gasteiger partial charge is 0.246 e. The van der Waals surface area contributed by atoms with Crippen molar-refractivity contribution >= 4 is 39.3 Å². The van der Waals surface area contributed by atoms with Crippen molar-refractivity contribution in [1.82, 2.24) is 4.31 Å². The van der Waals surface area contributed by atoms with E-state index in [-0.39, 0.29) is 11.6 Å². The van der Waals surface area contributed by atoms with Gasteiger partial charge >= 0.3 is 0 Å². The van der Waals surface area contributed by atoms with E-state index in [1.807, 2.05) is 0 Å². The number of hydrogen-bond donors (Lipinski definition) is 0. The molecule has 0 amide bonds. The SMILES string of the molecule is O=C=NC1CCCN1S(=O)(=O)c1ccc(Cl)c(F)c1Cl. The van der Waals surface area contributed by atoms with Gasteiger partial charge in [-0.25, -0.2) is 17.6 Å². The standard InChI is InChI=1S/C11H9Cl2FN2O3S/c12-7-3-4-8(10(13)11(7)14)20(18,19)16-5-1-2-9(16)15-6-17/h3-4,9H,1-2,5H2. The molecule has 1 heterocycles. The number of halogens is 3. The molecule has 0 aliphatic carbocycles. The highest BCUT2D eigenvalue weighted by atomic mass is 35.5. The number of carbonyl (C=O) groups excluding carboxylic acids is 1. The van der Waals surface area contributed by atoms with Crippen LogP contribution in [0.5, 0.6) is 0 Å². The molecule has 108 valence electrons. The number of hydrogen-bond acceptors (Lipinski definition) is 4. The first-order valence-electron chi connectivity index (χ1n) is 5.62. The predicted molar refractivity (Wildman–Crippen MR) is 71.5 cm³/mol. The first-order chi connectivity index (χ1) is 9.39. The topological polar surface area (TPSA) is 66.8 Å². The Labute approximate surface area is 125 Å². The third-order valence-electron chi connectivity index (χ3n) is 2.96. The first kappa shape index (κ1) is 15.4. The minimum absolute atomic E-state index is 0.179. The number of benzene rings is 1. The maximum atomic E-state index is 13.6. The van der Waals surface area contributed by atoms with Crippen LogP contribution in [0.15, 0.2) is 22.0 Å². The van der Waals surface area contributed by atoms with Crippen LogP contribution in [-0.4, -0.2) is 31.5 Å². The van der Waals surface area contributed by atoms with Gasteiger partial charge in [-0.15, -0.1) is 0 Å². The van der Waals surface area contributed by atoms with Crippen molar-refractivity contribution in [2.45, 2.75) is 23.9 Å². The van der Waals surface area contributed by atoms with Crippen LogP contribution < -0.4 is 0 Å². The maximum absolute atomic E-state index is 13.6. The summed E-state index contributed by atoms with van der Waals surface area (Å²) in [5.74, 6) is -0.996. The van der Waals surface area contributed by atoms with E-state index in [9.17, 15) is 17.6 Å². The zero-order valence-electron chi connectivity index (χ0n) is 10.0. The Morgan fingerprint density at radius 1 is 1.40 bits per heavy atom. The summed E-state index contributed by atoms with van der Waals surface area (Å²) in [5.41, 5.74) is 0. The fourth-order valence-electron chi connectivity index (χ4n) is 2.03. The van der Waals surface area contributed by atoms with E-state index in [4.69, 9.17) is 23.2 Å². The minimum Gasteiger partial charge on any atom is -0.211 e. The minimum atomic E-state index is -4.05. The summed E-state index contributed by atoms with van der Waals surface area (Å²) in [6.45, 7) is 0.179. The third kappa shape index (κ3) is 2.60. The van der Waals surface area contributed by atoms with Gasteiger partial charge in [0, 0.05) is 6.54 Å². The van der Waals surface area contributed by atoms with Crippen molar-refractivity contribution in [2.24, 2.45) is 4.99 Å². The molecule has 0 bridgehead atoms. The lowest BCUT2D eigenvalue weighted by Crippen LogP contribution is -2.34. The number of sulfonamides is 1. The smallest absolute Gasteiger partial charge is 0.211 e. The van der Waals surface area contributed by atoms with Crippen LogP contribution in [0, 0.1) is 5.82 Å². The quantitative estimate of drug-likeness (QED) is 0.483. The lowest BCUT2D eigenvalue weighted by Gasteiger charge is -2.20. The second-order valence-corrected chi connectivity index (χ2v) is 6.78. The summed E-state index contributed by atoms with van der Waals surface area (Å²) in [7, 11) is -4.05. The first-order valence-corrected chi connectivity index (χ1v) is 7.81. The van der Waals surface area contributed by atoms with Gasteiger partial charge < -0.3 is 0 Å². The Bertz CT molecular complexity index is 689. The van der Waals surface area contributed by atoms with Crippen molar-refractivity contribution in [1.29, 1.82) is 0 Å². The molecule has 0 radical (unpaired) electrons. The highest BCUT2D eigenvalue weighted by Crippen LogP contribution is 2.34. The van der Waals surface area contributed by atoms with Crippen molar-refractivity contribution in [3.05, 3.63) is 28.0 Å². The summed E-state index contributed by atoms with van der Waals surface area (Å²) < 4.78 is 39.5. The molecule has 1 aliphatic rings. The zero-order chi connectivity index (χ0) is 14.9. The van der Waals surface area contributed by atoms with Crippen LogP contribution in [-0.2, 0) is 14.8 Å². The average molecular weight is 339 g/mol. The van der Waals surface area contributed by atoms with Gasteiger partial charge in [0.05, 0.1) is 10.0 Å². The molecule has 0 saturated carbocycles. The Kier molecular flexibility index (Phi) is 4.46. The predicted octanol–water partition coefficient (Wildman–Crippen LogP) is 2.58. The Balaban J connectivity index is 2.51. The normalized spacial score (nSPS) is 19.9. The molecule has 1 aliphatic heterocycles. The third-order valence-corrected chi connectivity index (χ3v) is 5.67. The molecule has 1 atom stereocenters. The van der Waals surface area contributed by atoms with Crippen molar-refractivity contribution < 1.29 is 17.6 Å². The monoisotopic (exact) mass is 338 g/mol. The van der Waals surface area contributed by atoms with Gasteiger partial charge in [0.15, 0.2) is 5.82 Å². The summed E-state index contributed by atoms with van der Waals surface area (Å²) in [6.07, 6.45) is 1.46. The van der Waals surface area contributed by atoms with E-state index >= 15 is 0 Å². The molecule has 0 spiro atoms. The number of aliphatic imine (C=N–C) groups is 1. The number of nitrogens with zero attached hydrogens (tertiary/aromatic N) is 2. The van der Waals surface area contributed by atoms with Gasteiger partial charge in [0.1, 0.15) is 11.1 Å². The molecule has 5 nitrogen and oxygen atoms in total. The van der Waals surface area contributed by atoms with Gasteiger partial charge in [-0.2, -0.15) is 9.30 Å². The van der Waals surface area contributed by atoms with E-state index in [1.165, 1.54) is 6.08 Å². The van der Waals surface area contributed by atoms with Gasteiger partial charge in [-0.1, -0.05) is 23.2 Å². The fourth-order valence-corrected chi connectivity index (χ4v) is 4.34. The summed E-state index contributed by atoms with van der Waals surface area (Å²) in [5, 5.41) is -0.837. The molecule has 1 aromatic rings. The molecule has 0 aromatic heterocycles. The number of rotatable bonds is 3. The second-order valence-electron chi connectivity index (χ2n) is 4.13. The molecule has 9 heteroatoms. The Hall–Kier alpha value is -0.980. The molecule has 1 aromatic carbocycles. The van der Waals surface area contributed by atoms with Crippen LogP contribution >= 0.6 is 23.2 Å². The molecule has 20 heavy (non-hydrogen) atoms. The zero-order valence-corrected chi connectivity index (χ0v) is 12.3. The highest BCUT2D eigenvalue weighted by Gasteiger charge is 2.37. The fraction of sp³-hybridized carbons (Fsp3) is 0.364. The summed E-state index contributed by atoms with van der Waals surface area (Å²) in [6, 6.07) is 2.24. The molecule has 1 unspecified atom stereocenters. The van der Waals surface area contributed by atoms with E-state index in [2.05, 4.69) is 4.99 Å². The Morgan fingerprint density at radius 3 is 2.75 bits per heavy atom. The highest BCUT2D eigenvalue weighted by molar-refractivity contribution is 7.89. The molecular formula is C11H9Cl2FN2O3S. The average Bonchev–Trinajstić information content (AvgIpc) is 2.85.